The average Bonchev–Trinajstić information content (AvgIpc) is 2.28. The first kappa shape index (κ1) is 16.8. The second-order valence-corrected chi connectivity index (χ2v) is 8.38. The molecular weight excluding hydrogens is 300 g/mol. The zero-order valence-corrected chi connectivity index (χ0v) is 11.7. The summed E-state index contributed by atoms with van der Waals surface area (Å²) in [6.07, 6.45) is -7.29. The van der Waals surface area contributed by atoms with Gasteiger partial charge in [-0.1, -0.05) is 0 Å². The van der Waals surface area contributed by atoms with E-state index in [-0.39, 0.29) is 10.8 Å². The van der Waals surface area contributed by atoms with E-state index in [1.807, 2.05) is 0 Å². The minimum absolute atomic E-state index is 0.0988. The highest BCUT2D eigenvalue weighted by molar-refractivity contribution is 8.77. The van der Waals surface area contributed by atoms with Crippen LogP contribution in [0.15, 0.2) is 0 Å². The van der Waals surface area contributed by atoms with E-state index in [1.165, 1.54) is 0 Å². The van der Waals surface area contributed by atoms with E-state index in [2.05, 4.69) is 0 Å². The number of hydrogen-bond acceptors (Lipinski definition) is 9. The number of hydrogen-bond donors (Lipinski definition) is 4. The molecule has 0 unspecified atom stereocenters. The van der Waals surface area contributed by atoms with Gasteiger partial charge in [-0.25, -0.2) is 8.42 Å². The van der Waals surface area contributed by atoms with Crippen LogP contribution in [0, 0.1) is 0 Å². The molecule has 1 saturated heterocycles. The average molecular weight is 316 g/mol. The highest BCUT2D eigenvalue weighted by atomic mass is 33.1. The summed E-state index contributed by atoms with van der Waals surface area (Å²) < 4.78 is 28.2. The molecule has 0 aromatic rings. The van der Waals surface area contributed by atoms with Crippen molar-refractivity contribution in [1.29, 1.82) is 0 Å². The van der Waals surface area contributed by atoms with E-state index >= 15 is 0 Å². The number of ether oxygens (including phenoxy) is 1. The van der Waals surface area contributed by atoms with E-state index in [9.17, 15) is 28.5 Å². The molecule has 0 radical (unpaired) electrons. The van der Waals surface area contributed by atoms with Crippen LogP contribution >= 0.6 is 10.8 Å². The fourth-order valence-electron chi connectivity index (χ4n) is 1.73. The molecule has 4 N–H and O–H groups in total. The van der Waals surface area contributed by atoms with Gasteiger partial charge < -0.3 is 25.2 Å². The molecule has 1 aliphatic heterocycles. The predicted molar refractivity (Wildman–Crippen MR) is 65.8 cm³/mol. The molecule has 0 aliphatic carbocycles. The molecule has 112 valence electrons. The number of carbonyl (C=O) groups excluding carboxylic acids is 1. The van der Waals surface area contributed by atoms with Crippen molar-refractivity contribution in [3.63, 3.8) is 0 Å². The van der Waals surface area contributed by atoms with Gasteiger partial charge in [0.2, 0.25) is 14.0 Å². The largest absolute Gasteiger partial charge is 0.394 e. The van der Waals surface area contributed by atoms with Crippen molar-refractivity contribution in [3.8, 4) is 0 Å². The maximum Gasteiger partial charge on any atom is 0.211 e. The maximum absolute atomic E-state index is 11.6. The summed E-state index contributed by atoms with van der Waals surface area (Å²) in [7, 11) is -3.78. The SMILES string of the molecule is CC(=O)SS(=O)(=O)C[C@@H]1O[C@H](CO)[C@@H](O)[C@H](O)[C@@H]1O. The summed E-state index contributed by atoms with van der Waals surface area (Å²) in [5, 5.41) is 37.0. The Labute approximate surface area is 113 Å². The van der Waals surface area contributed by atoms with E-state index in [0.29, 0.717) is 0 Å². The second kappa shape index (κ2) is 6.48. The van der Waals surface area contributed by atoms with Crippen molar-refractivity contribution in [1.82, 2.24) is 0 Å². The van der Waals surface area contributed by atoms with Crippen molar-refractivity contribution >= 4 is 24.8 Å². The van der Waals surface area contributed by atoms with Crippen LogP contribution in [-0.2, 0) is 18.4 Å². The van der Waals surface area contributed by atoms with E-state index in [0.717, 1.165) is 6.92 Å². The van der Waals surface area contributed by atoms with Crippen LogP contribution in [0.25, 0.3) is 0 Å². The maximum atomic E-state index is 11.6. The van der Waals surface area contributed by atoms with E-state index in [1.54, 1.807) is 0 Å². The molecule has 5 atom stereocenters. The number of aliphatic hydroxyl groups excluding tert-OH is 4. The van der Waals surface area contributed by atoms with Crippen LogP contribution < -0.4 is 0 Å². The quantitative estimate of drug-likeness (QED) is 0.412. The lowest BCUT2D eigenvalue weighted by Gasteiger charge is -2.39. The third-order valence-corrected chi connectivity index (χ3v) is 5.70. The summed E-state index contributed by atoms with van der Waals surface area (Å²) in [6, 6.07) is 0. The second-order valence-electron chi connectivity index (χ2n) is 4.17. The van der Waals surface area contributed by atoms with Gasteiger partial charge >= 0.3 is 0 Å². The molecule has 19 heavy (non-hydrogen) atoms. The van der Waals surface area contributed by atoms with Gasteiger partial charge in [0.15, 0.2) is 0 Å². The van der Waals surface area contributed by atoms with Gasteiger partial charge in [0.25, 0.3) is 0 Å². The highest BCUT2D eigenvalue weighted by Gasteiger charge is 2.45. The molecule has 0 bridgehead atoms. The lowest BCUT2D eigenvalue weighted by molar-refractivity contribution is -0.223. The molecule has 1 aliphatic rings. The van der Waals surface area contributed by atoms with Crippen LogP contribution in [0.4, 0.5) is 0 Å². The molecule has 10 heteroatoms. The Hall–Kier alpha value is -0.230. The fourth-order valence-corrected chi connectivity index (χ4v) is 4.51. The minimum atomic E-state index is -3.88. The van der Waals surface area contributed by atoms with Crippen LogP contribution in [0.3, 0.4) is 0 Å². The van der Waals surface area contributed by atoms with Gasteiger partial charge in [-0.15, -0.1) is 0 Å². The number of rotatable bonds is 4. The highest BCUT2D eigenvalue weighted by Crippen LogP contribution is 2.25. The third kappa shape index (κ3) is 4.38. The minimum Gasteiger partial charge on any atom is -0.394 e. The predicted octanol–water partition coefficient (Wildman–Crippen LogP) is -2.56. The number of aliphatic hydroxyl groups is 4. The van der Waals surface area contributed by atoms with Crippen LogP contribution in [0.2, 0.25) is 0 Å². The zero-order valence-electron chi connectivity index (χ0n) is 10.0. The van der Waals surface area contributed by atoms with Gasteiger partial charge in [-0.05, 0) is 0 Å². The molecule has 1 heterocycles. The lowest BCUT2D eigenvalue weighted by Crippen LogP contribution is -2.59. The Bertz CT molecular complexity index is 420. The van der Waals surface area contributed by atoms with Crippen molar-refractivity contribution in [2.45, 2.75) is 37.4 Å². The first-order chi connectivity index (χ1) is 8.68. The molecule has 0 amide bonds. The summed E-state index contributed by atoms with van der Waals surface area (Å²) in [6.45, 7) is 0.441. The molecule has 1 rings (SSSR count). The van der Waals surface area contributed by atoms with E-state index < -0.39 is 56.9 Å². The van der Waals surface area contributed by atoms with Gasteiger partial charge in [0.1, 0.15) is 30.5 Å². The summed E-state index contributed by atoms with van der Waals surface area (Å²) in [5.41, 5.74) is 0. The standard InChI is InChI=1S/C9H16O8S2/c1-4(11)18-19(15,16)3-6-8(13)9(14)7(12)5(2-10)17-6/h5-10,12-14H,2-3H2,1H3/t5-,6+,7-,8-,9+/m1/s1. The van der Waals surface area contributed by atoms with Gasteiger partial charge in [0.05, 0.1) is 12.4 Å². The Morgan fingerprint density at radius 3 is 2.16 bits per heavy atom. The first-order valence-electron chi connectivity index (χ1n) is 5.41. The molecule has 0 aromatic carbocycles. The lowest BCUT2D eigenvalue weighted by atomic mass is 9.96. The molecule has 0 saturated carbocycles. The Kier molecular flexibility index (Phi) is 5.74. The molecule has 0 aromatic heterocycles. The Morgan fingerprint density at radius 1 is 1.16 bits per heavy atom. The molecule has 8 nitrogen and oxygen atoms in total. The normalized spacial score (nSPS) is 36.2. The van der Waals surface area contributed by atoms with Crippen molar-refractivity contribution in [2.24, 2.45) is 0 Å². The third-order valence-electron chi connectivity index (χ3n) is 2.60. The molecular formula is C9H16O8S2. The number of carbonyl (C=O) groups is 1. The first-order valence-corrected chi connectivity index (χ1v) is 8.39. The summed E-state index contributed by atoms with van der Waals surface area (Å²) >= 11 is 0. The van der Waals surface area contributed by atoms with Gasteiger partial charge in [0, 0.05) is 17.7 Å². The van der Waals surface area contributed by atoms with E-state index in [4.69, 9.17) is 9.84 Å². The Morgan fingerprint density at radius 2 is 1.68 bits per heavy atom. The molecule has 1 fully saturated rings. The van der Waals surface area contributed by atoms with Crippen LogP contribution in [0.1, 0.15) is 6.92 Å². The van der Waals surface area contributed by atoms with Gasteiger partial charge in [-0.3, -0.25) is 4.79 Å². The zero-order chi connectivity index (χ0) is 14.8. The smallest absolute Gasteiger partial charge is 0.211 e. The van der Waals surface area contributed by atoms with Crippen molar-refractivity contribution in [2.75, 3.05) is 12.4 Å². The van der Waals surface area contributed by atoms with Gasteiger partial charge in [-0.2, -0.15) is 0 Å². The molecule has 0 spiro atoms. The van der Waals surface area contributed by atoms with Crippen molar-refractivity contribution < 1.29 is 38.4 Å². The van der Waals surface area contributed by atoms with Crippen LogP contribution in [-0.4, -0.2) is 76.8 Å². The van der Waals surface area contributed by atoms with Crippen LogP contribution in [0.5, 0.6) is 0 Å². The topological polar surface area (TPSA) is 141 Å². The summed E-state index contributed by atoms with van der Waals surface area (Å²) in [4.78, 5) is 10.8. The van der Waals surface area contributed by atoms with Crippen molar-refractivity contribution in [3.05, 3.63) is 0 Å². The monoisotopic (exact) mass is 316 g/mol. The summed E-state index contributed by atoms with van der Waals surface area (Å²) in [5.74, 6) is -0.710. The Balaban J connectivity index is 2.80. The fraction of sp³-hybridized carbons (Fsp3) is 0.889.